The van der Waals surface area contributed by atoms with E-state index in [4.69, 9.17) is 0 Å². The van der Waals surface area contributed by atoms with Crippen LogP contribution in [0, 0.1) is 34.5 Å². The predicted octanol–water partition coefficient (Wildman–Crippen LogP) is 3.05. The molecule has 0 aromatic heterocycles. The molecule has 0 bridgehead atoms. The molecule has 3 fully saturated rings. The average molecular weight is 410 g/mol. The molecule has 4 rings (SSSR count). The van der Waals surface area contributed by atoms with Crippen molar-refractivity contribution in [1.82, 2.24) is 0 Å². The Kier molecular flexibility index (Phi) is 4.40. The summed E-state index contributed by atoms with van der Waals surface area (Å²) < 4.78 is 32.1. The van der Waals surface area contributed by atoms with Gasteiger partial charge in [0.25, 0.3) is 0 Å². The van der Waals surface area contributed by atoms with E-state index in [0.29, 0.717) is 6.42 Å². The Morgan fingerprint density at radius 1 is 1.21 bits per heavy atom. The molecule has 0 amide bonds. The van der Waals surface area contributed by atoms with Crippen molar-refractivity contribution in [3.63, 3.8) is 0 Å². The summed E-state index contributed by atoms with van der Waals surface area (Å²) in [4.78, 5) is 35.8. The lowest BCUT2D eigenvalue weighted by molar-refractivity contribution is -0.215. The van der Waals surface area contributed by atoms with Gasteiger partial charge >= 0.3 is 5.97 Å². The fourth-order valence-electron chi connectivity index (χ4n) is 7.62. The van der Waals surface area contributed by atoms with Crippen LogP contribution in [0.3, 0.4) is 0 Å². The van der Waals surface area contributed by atoms with Crippen LogP contribution < -0.4 is 0 Å². The number of alkyl halides is 2. The van der Waals surface area contributed by atoms with E-state index in [1.165, 1.54) is 6.08 Å². The minimum absolute atomic E-state index is 0.0491. The Bertz CT molecular complexity index is 824. The third-order valence-electron chi connectivity index (χ3n) is 8.86. The summed E-state index contributed by atoms with van der Waals surface area (Å²) in [5.41, 5.74) is -4.18. The van der Waals surface area contributed by atoms with Gasteiger partial charge in [-0.15, -0.1) is 0 Å². The second-order valence-corrected chi connectivity index (χ2v) is 10.2. The lowest BCUT2D eigenvalue weighted by Crippen LogP contribution is -2.69. The number of allylic oxidation sites excluding steroid dienone is 1. The van der Waals surface area contributed by atoms with Gasteiger partial charge < -0.3 is 10.2 Å². The zero-order chi connectivity index (χ0) is 21.5. The second kappa shape index (κ2) is 6.19. The number of fused-ring (bicyclic) bond motifs is 5. The van der Waals surface area contributed by atoms with Gasteiger partial charge in [0.2, 0.25) is 5.78 Å². The number of halogens is 2. The van der Waals surface area contributed by atoms with Crippen molar-refractivity contribution < 1.29 is 33.4 Å². The number of carboxylic acid groups (broad SMARTS) is 1. The molecule has 5 nitrogen and oxygen atoms in total. The highest BCUT2D eigenvalue weighted by atomic mass is 19.1. The summed E-state index contributed by atoms with van der Waals surface area (Å²) in [6, 6.07) is 0. The minimum Gasteiger partial charge on any atom is -0.475 e. The van der Waals surface area contributed by atoms with Crippen molar-refractivity contribution in [1.29, 1.82) is 0 Å². The zero-order valence-corrected chi connectivity index (χ0v) is 17.0. The first kappa shape index (κ1) is 20.6. The van der Waals surface area contributed by atoms with Crippen molar-refractivity contribution >= 4 is 17.5 Å². The predicted molar refractivity (Wildman–Crippen MR) is 99.4 cm³/mol. The van der Waals surface area contributed by atoms with E-state index < -0.39 is 58.3 Å². The molecular formula is C22H28F2O5. The molecule has 4 aliphatic rings. The second-order valence-electron chi connectivity index (χ2n) is 10.2. The van der Waals surface area contributed by atoms with E-state index in [-0.39, 0.29) is 43.0 Å². The largest absolute Gasteiger partial charge is 0.475 e. The minimum atomic E-state index is -2.12. The highest BCUT2D eigenvalue weighted by Crippen LogP contribution is 2.70. The van der Waals surface area contributed by atoms with Gasteiger partial charge in [0.1, 0.15) is 11.8 Å². The average Bonchev–Trinajstić information content (AvgIpc) is 2.89. The van der Waals surface area contributed by atoms with E-state index in [1.807, 2.05) is 0 Å². The summed E-state index contributed by atoms with van der Waals surface area (Å²) in [5.74, 6) is -5.03. The summed E-state index contributed by atoms with van der Waals surface area (Å²) in [6.45, 7) is 5.14. The van der Waals surface area contributed by atoms with Crippen LogP contribution in [0.15, 0.2) is 11.6 Å². The van der Waals surface area contributed by atoms with Crippen LogP contribution in [0.1, 0.15) is 52.9 Å². The van der Waals surface area contributed by atoms with Gasteiger partial charge in [-0.2, -0.15) is 0 Å². The number of rotatable bonds is 2. The number of carboxylic acids is 1. The van der Waals surface area contributed by atoms with Crippen LogP contribution >= 0.6 is 0 Å². The molecule has 160 valence electrons. The van der Waals surface area contributed by atoms with Crippen molar-refractivity contribution in [3.8, 4) is 0 Å². The number of aliphatic hydroxyl groups excluding tert-OH is 1. The van der Waals surface area contributed by atoms with Gasteiger partial charge in [0.05, 0.1) is 6.10 Å². The van der Waals surface area contributed by atoms with Gasteiger partial charge in [0, 0.05) is 23.7 Å². The fraction of sp³-hybridized carbons (Fsp3) is 0.773. The summed E-state index contributed by atoms with van der Waals surface area (Å²) in [5, 5.41) is 20.4. The maximum absolute atomic E-state index is 16.9. The SMILES string of the molecule is CC1C[C@H]2[C@@H]3CC(F)C4=CC(=O)CC[C@]4(C)[C@@]3(F)C(O)C[C@]2(C)[C@H]1C(=O)C(=O)O. The smallest absolute Gasteiger partial charge is 0.372 e. The van der Waals surface area contributed by atoms with E-state index in [2.05, 4.69) is 0 Å². The Balaban J connectivity index is 1.82. The molecule has 7 heteroatoms. The first-order valence-corrected chi connectivity index (χ1v) is 10.4. The number of Topliss-reactive ketones (excluding diaryl/α,β-unsaturated/α-hetero) is 1. The van der Waals surface area contributed by atoms with Crippen LogP contribution in [-0.4, -0.2) is 45.7 Å². The van der Waals surface area contributed by atoms with Gasteiger partial charge in [-0.05, 0) is 54.6 Å². The lowest BCUT2D eigenvalue weighted by Gasteiger charge is -2.63. The molecule has 2 N–H and O–H groups in total. The highest BCUT2D eigenvalue weighted by Gasteiger charge is 2.73. The number of hydrogen-bond donors (Lipinski definition) is 2. The molecule has 0 spiro atoms. The Hall–Kier alpha value is -1.63. The molecule has 0 saturated heterocycles. The van der Waals surface area contributed by atoms with Gasteiger partial charge in [0.15, 0.2) is 5.78 Å². The standard InChI is InChI=1S/C22H28F2O5/c1-10-6-12-13-8-15(23)14-7-11(25)4-5-21(14,3)22(13,24)16(26)9-20(12,2)17(10)18(27)19(28)29/h7,10,12-13,15-17,26H,4-6,8-9H2,1-3H3,(H,28,29)/t10?,12-,13-,15?,16?,17+,20-,21-,22-/m0/s1. The number of ketones is 2. The quantitative estimate of drug-likeness (QED) is 0.683. The van der Waals surface area contributed by atoms with E-state index in [1.54, 1.807) is 20.8 Å². The van der Waals surface area contributed by atoms with Crippen LogP contribution in [0.5, 0.6) is 0 Å². The zero-order valence-electron chi connectivity index (χ0n) is 17.0. The lowest BCUT2D eigenvalue weighted by atomic mass is 9.44. The molecule has 0 heterocycles. The molecule has 29 heavy (non-hydrogen) atoms. The van der Waals surface area contributed by atoms with Crippen LogP contribution in [0.25, 0.3) is 0 Å². The highest BCUT2D eigenvalue weighted by molar-refractivity contribution is 6.33. The topological polar surface area (TPSA) is 91.7 Å². The van der Waals surface area contributed by atoms with Crippen LogP contribution in [0.2, 0.25) is 0 Å². The number of aliphatic hydroxyl groups is 1. The molecule has 0 radical (unpaired) electrons. The number of hydrogen-bond acceptors (Lipinski definition) is 4. The number of aliphatic carboxylic acids is 1. The van der Waals surface area contributed by atoms with Crippen molar-refractivity contribution in [2.24, 2.45) is 34.5 Å². The van der Waals surface area contributed by atoms with Crippen LogP contribution in [-0.2, 0) is 14.4 Å². The van der Waals surface area contributed by atoms with Crippen molar-refractivity contribution in [3.05, 3.63) is 11.6 Å². The Morgan fingerprint density at radius 2 is 1.86 bits per heavy atom. The molecule has 9 atom stereocenters. The Labute approximate surface area is 168 Å². The normalized spacial score (nSPS) is 51.5. The van der Waals surface area contributed by atoms with Crippen molar-refractivity contribution in [2.45, 2.75) is 70.8 Å². The molecule has 4 aliphatic carbocycles. The molecule has 0 aromatic carbocycles. The molecule has 3 saturated carbocycles. The Morgan fingerprint density at radius 3 is 2.48 bits per heavy atom. The fourth-order valence-corrected chi connectivity index (χ4v) is 7.62. The van der Waals surface area contributed by atoms with E-state index >= 15 is 8.78 Å². The molecular weight excluding hydrogens is 382 g/mol. The van der Waals surface area contributed by atoms with E-state index in [9.17, 15) is 24.6 Å². The number of carbonyl (C=O) groups excluding carboxylic acids is 2. The third-order valence-corrected chi connectivity index (χ3v) is 8.86. The molecule has 0 aliphatic heterocycles. The third kappa shape index (κ3) is 2.42. The van der Waals surface area contributed by atoms with Crippen LogP contribution in [0.4, 0.5) is 8.78 Å². The summed E-state index contributed by atoms with van der Waals surface area (Å²) in [7, 11) is 0. The summed E-state index contributed by atoms with van der Waals surface area (Å²) >= 11 is 0. The monoisotopic (exact) mass is 410 g/mol. The van der Waals surface area contributed by atoms with Gasteiger partial charge in [-0.25, -0.2) is 13.6 Å². The van der Waals surface area contributed by atoms with E-state index in [0.717, 1.165) is 0 Å². The number of carbonyl (C=O) groups is 3. The first-order valence-electron chi connectivity index (χ1n) is 10.4. The van der Waals surface area contributed by atoms with Crippen molar-refractivity contribution in [2.75, 3.05) is 0 Å². The summed E-state index contributed by atoms with van der Waals surface area (Å²) in [6.07, 6.45) is -1.27. The van der Waals surface area contributed by atoms with Gasteiger partial charge in [-0.1, -0.05) is 20.8 Å². The molecule has 0 aromatic rings. The molecule has 3 unspecified atom stereocenters. The first-order chi connectivity index (χ1) is 13.4. The maximum Gasteiger partial charge on any atom is 0.372 e. The maximum atomic E-state index is 16.9. The van der Waals surface area contributed by atoms with Gasteiger partial charge in [-0.3, -0.25) is 9.59 Å².